The number of fused-ring (bicyclic) bond motifs is 1. The number of aromatic nitrogens is 1. The predicted molar refractivity (Wildman–Crippen MR) is 106 cm³/mol. The lowest BCUT2D eigenvalue weighted by atomic mass is 9.95. The van der Waals surface area contributed by atoms with Crippen molar-refractivity contribution < 1.29 is 23.9 Å². The SMILES string of the molecule is CC(C)C(NC(=O)c1cc2cc(F)ccc2n1C)C(=O)N1CCC(C(=O)O)CC1. The van der Waals surface area contributed by atoms with Gasteiger partial charge in [0.15, 0.2) is 0 Å². The van der Waals surface area contributed by atoms with Crippen LogP contribution in [0.3, 0.4) is 0 Å². The van der Waals surface area contributed by atoms with Gasteiger partial charge < -0.3 is 19.9 Å². The van der Waals surface area contributed by atoms with E-state index in [0.717, 1.165) is 5.52 Å². The summed E-state index contributed by atoms with van der Waals surface area (Å²) in [6, 6.07) is 5.20. The van der Waals surface area contributed by atoms with E-state index in [0.29, 0.717) is 37.0 Å². The van der Waals surface area contributed by atoms with Crippen LogP contribution in [0.4, 0.5) is 4.39 Å². The summed E-state index contributed by atoms with van der Waals surface area (Å²) >= 11 is 0. The molecule has 0 aliphatic carbocycles. The van der Waals surface area contributed by atoms with Crippen molar-refractivity contribution >= 4 is 28.7 Å². The van der Waals surface area contributed by atoms with Crippen LogP contribution in [0.1, 0.15) is 37.2 Å². The quantitative estimate of drug-likeness (QED) is 0.802. The Labute approximate surface area is 168 Å². The van der Waals surface area contributed by atoms with Gasteiger partial charge in [-0.05, 0) is 43.0 Å². The third-order valence-corrected chi connectivity index (χ3v) is 5.61. The number of carboxylic acid groups (broad SMARTS) is 1. The highest BCUT2D eigenvalue weighted by atomic mass is 19.1. The number of carbonyl (C=O) groups is 3. The van der Waals surface area contributed by atoms with Crippen LogP contribution in [0, 0.1) is 17.7 Å². The van der Waals surface area contributed by atoms with Crippen molar-refractivity contribution in [3.8, 4) is 0 Å². The van der Waals surface area contributed by atoms with Gasteiger partial charge in [0, 0.05) is 31.0 Å². The Balaban J connectivity index is 1.75. The van der Waals surface area contributed by atoms with E-state index in [2.05, 4.69) is 5.32 Å². The average molecular weight is 403 g/mol. The fraction of sp³-hybridized carbons (Fsp3) is 0.476. The molecule has 8 heteroatoms. The molecule has 1 aromatic carbocycles. The smallest absolute Gasteiger partial charge is 0.306 e. The number of piperidine rings is 1. The van der Waals surface area contributed by atoms with E-state index in [4.69, 9.17) is 5.11 Å². The number of hydrogen-bond donors (Lipinski definition) is 2. The van der Waals surface area contributed by atoms with Crippen LogP contribution in [0.5, 0.6) is 0 Å². The number of carboxylic acids is 1. The van der Waals surface area contributed by atoms with Gasteiger partial charge in [-0.25, -0.2) is 4.39 Å². The molecule has 0 spiro atoms. The third kappa shape index (κ3) is 4.26. The van der Waals surface area contributed by atoms with Crippen molar-refractivity contribution in [2.24, 2.45) is 18.9 Å². The van der Waals surface area contributed by atoms with Gasteiger partial charge in [-0.15, -0.1) is 0 Å². The van der Waals surface area contributed by atoms with E-state index in [1.54, 1.807) is 28.6 Å². The highest BCUT2D eigenvalue weighted by Crippen LogP contribution is 2.22. The Morgan fingerprint density at radius 1 is 1.17 bits per heavy atom. The molecule has 2 N–H and O–H groups in total. The lowest BCUT2D eigenvalue weighted by Gasteiger charge is -2.34. The van der Waals surface area contributed by atoms with Gasteiger partial charge >= 0.3 is 5.97 Å². The minimum Gasteiger partial charge on any atom is -0.481 e. The van der Waals surface area contributed by atoms with Crippen LogP contribution < -0.4 is 5.32 Å². The first-order valence-electron chi connectivity index (χ1n) is 9.76. The van der Waals surface area contributed by atoms with Gasteiger partial charge in [-0.1, -0.05) is 13.8 Å². The minimum atomic E-state index is -0.835. The second kappa shape index (κ2) is 8.23. The number of hydrogen-bond acceptors (Lipinski definition) is 3. The minimum absolute atomic E-state index is 0.143. The molecular formula is C21H26FN3O4. The Bertz CT molecular complexity index is 945. The van der Waals surface area contributed by atoms with E-state index >= 15 is 0 Å². The number of nitrogens with one attached hydrogen (secondary N) is 1. The fourth-order valence-corrected chi connectivity index (χ4v) is 3.81. The summed E-state index contributed by atoms with van der Waals surface area (Å²) < 4.78 is 15.2. The second-order valence-electron chi connectivity index (χ2n) is 7.92. The number of benzene rings is 1. The molecule has 1 fully saturated rings. The molecule has 0 saturated carbocycles. The molecular weight excluding hydrogens is 377 g/mol. The first-order valence-corrected chi connectivity index (χ1v) is 9.76. The van der Waals surface area contributed by atoms with Gasteiger partial charge in [0.05, 0.1) is 5.92 Å². The Morgan fingerprint density at radius 2 is 1.83 bits per heavy atom. The van der Waals surface area contributed by atoms with Crippen LogP contribution in [-0.4, -0.2) is 51.5 Å². The molecule has 1 aliphatic rings. The first-order chi connectivity index (χ1) is 13.7. The molecule has 2 aromatic rings. The van der Waals surface area contributed by atoms with Crippen molar-refractivity contribution in [2.75, 3.05) is 13.1 Å². The molecule has 1 saturated heterocycles. The molecule has 0 bridgehead atoms. The van der Waals surface area contributed by atoms with Gasteiger partial charge in [-0.3, -0.25) is 14.4 Å². The largest absolute Gasteiger partial charge is 0.481 e. The molecule has 1 aromatic heterocycles. The zero-order valence-corrected chi connectivity index (χ0v) is 16.8. The highest BCUT2D eigenvalue weighted by molar-refractivity contribution is 6.00. The second-order valence-corrected chi connectivity index (χ2v) is 7.92. The highest BCUT2D eigenvalue weighted by Gasteiger charge is 2.33. The van der Waals surface area contributed by atoms with Gasteiger partial charge in [-0.2, -0.15) is 0 Å². The topological polar surface area (TPSA) is 91.6 Å². The maximum Gasteiger partial charge on any atom is 0.306 e. The number of aryl methyl sites for hydroxylation is 1. The molecule has 3 rings (SSSR count). The molecule has 1 unspecified atom stereocenters. The van der Waals surface area contributed by atoms with Crippen molar-refractivity contribution in [3.63, 3.8) is 0 Å². The third-order valence-electron chi connectivity index (χ3n) is 5.61. The summed E-state index contributed by atoms with van der Waals surface area (Å²) in [7, 11) is 1.72. The fourth-order valence-electron chi connectivity index (χ4n) is 3.81. The molecule has 29 heavy (non-hydrogen) atoms. The van der Waals surface area contributed by atoms with E-state index < -0.39 is 23.8 Å². The lowest BCUT2D eigenvalue weighted by molar-refractivity contribution is -0.146. The zero-order chi connectivity index (χ0) is 21.3. The number of carbonyl (C=O) groups excluding carboxylic acids is 2. The van der Waals surface area contributed by atoms with E-state index in [9.17, 15) is 18.8 Å². The normalized spacial score (nSPS) is 16.2. The van der Waals surface area contributed by atoms with Crippen LogP contribution in [-0.2, 0) is 16.6 Å². The van der Waals surface area contributed by atoms with Crippen molar-refractivity contribution in [3.05, 3.63) is 35.8 Å². The number of amides is 2. The average Bonchev–Trinajstić information content (AvgIpc) is 3.01. The summed E-state index contributed by atoms with van der Waals surface area (Å²) in [5.74, 6) is -2.40. The summed E-state index contributed by atoms with van der Waals surface area (Å²) in [5, 5.41) is 12.6. The molecule has 1 atom stereocenters. The molecule has 7 nitrogen and oxygen atoms in total. The molecule has 1 aliphatic heterocycles. The van der Waals surface area contributed by atoms with Crippen LogP contribution in [0.2, 0.25) is 0 Å². The first kappa shape index (κ1) is 20.8. The van der Waals surface area contributed by atoms with E-state index in [1.165, 1.54) is 12.1 Å². The molecule has 0 radical (unpaired) electrons. The number of halogens is 1. The lowest BCUT2D eigenvalue weighted by Crippen LogP contribution is -2.53. The van der Waals surface area contributed by atoms with Crippen molar-refractivity contribution in [1.29, 1.82) is 0 Å². The van der Waals surface area contributed by atoms with E-state index in [-0.39, 0.29) is 17.6 Å². The van der Waals surface area contributed by atoms with Crippen LogP contribution in [0.25, 0.3) is 10.9 Å². The van der Waals surface area contributed by atoms with Crippen molar-refractivity contribution in [1.82, 2.24) is 14.8 Å². The standard InChI is InChI=1S/C21H26FN3O4/c1-12(2)18(20(27)25-8-6-13(7-9-25)21(28)29)23-19(26)17-11-14-10-15(22)4-5-16(14)24(17)3/h4-5,10-13,18H,6-9H2,1-3H3,(H,23,26)(H,28,29). The number of nitrogens with zero attached hydrogens (tertiary/aromatic N) is 2. The number of likely N-dealkylation sites (tertiary alicyclic amines) is 1. The maximum absolute atomic E-state index is 13.5. The zero-order valence-electron chi connectivity index (χ0n) is 16.8. The van der Waals surface area contributed by atoms with Gasteiger partial charge in [0.25, 0.3) is 5.91 Å². The summed E-state index contributed by atoms with van der Waals surface area (Å²) in [6.45, 7) is 4.43. The predicted octanol–water partition coefficient (Wildman–Crippen LogP) is 2.40. The maximum atomic E-state index is 13.5. The summed E-state index contributed by atoms with van der Waals surface area (Å²) in [4.78, 5) is 38.6. The van der Waals surface area contributed by atoms with Gasteiger partial charge in [0.2, 0.25) is 5.91 Å². The van der Waals surface area contributed by atoms with Crippen LogP contribution >= 0.6 is 0 Å². The monoisotopic (exact) mass is 403 g/mol. The molecule has 156 valence electrons. The van der Waals surface area contributed by atoms with Crippen molar-refractivity contribution in [2.45, 2.75) is 32.7 Å². The van der Waals surface area contributed by atoms with Crippen LogP contribution in [0.15, 0.2) is 24.3 Å². The van der Waals surface area contributed by atoms with E-state index in [1.807, 2.05) is 13.8 Å². The Morgan fingerprint density at radius 3 is 2.41 bits per heavy atom. The summed E-state index contributed by atoms with van der Waals surface area (Å²) in [5.41, 5.74) is 1.06. The Kier molecular flexibility index (Phi) is 5.91. The summed E-state index contributed by atoms with van der Waals surface area (Å²) in [6.07, 6.45) is 0.823. The molecule has 2 heterocycles. The van der Waals surface area contributed by atoms with Gasteiger partial charge in [0.1, 0.15) is 17.6 Å². The number of aliphatic carboxylic acids is 1. The number of rotatable bonds is 5. The molecule has 2 amide bonds. The Hall–Kier alpha value is -2.90.